The Kier molecular flexibility index (Phi) is 3.18. The predicted molar refractivity (Wildman–Crippen MR) is 63.3 cm³/mol. The molecule has 1 aromatic rings. The monoisotopic (exact) mass is 205 g/mol. The minimum absolute atomic E-state index is 0.327. The highest BCUT2D eigenvalue weighted by molar-refractivity contribution is 5.96. The normalized spacial score (nSPS) is 10.8. The van der Waals surface area contributed by atoms with Crippen molar-refractivity contribution >= 4 is 5.91 Å². The van der Waals surface area contributed by atoms with E-state index < -0.39 is 0 Å². The van der Waals surface area contributed by atoms with E-state index in [4.69, 9.17) is 5.73 Å². The fourth-order valence-electron chi connectivity index (χ4n) is 2.47. The van der Waals surface area contributed by atoms with E-state index in [9.17, 15) is 4.79 Å². The van der Waals surface area contributed by atoms with Gasteiger partial charge in [-0.05, 0) is 48.9 Å². The number of primary amides is 1. The van der Waals surface area contributed by atoms with E-state index >= 15 is 0 Å². The summed E-state index contributed by atoms with van der Waals surface area (Å²) in [5.74, 6) is 0.0931. The number of aryl methyl sites for hydroxylation is 2. The maximum absolute atomic E-state index is 11.4. The van der Waals surface area contributed by atoms with Crippen LogP contribution in [0.3, 0.4) is 0 Å². The summed E-state index contributed by atoms with van der Waals surface area (Å²) in [6.07, 6.45) is 0. The predicted octanol–water partition coefficient (Wildman–Crippen LogP) is 2.83. The van der Waals surface area contributed by atoms with E-state index in [-0.39, 0.29) is 5.91 Å². The first-order valence-electron chi connectivity index (χ1n) is 5.26. The van der Waals surface area contributed by atoms with Crippen molar-refractivity contribution < 1.29 is 4.79 Å². The van der Waals surface area contributed by atoms with E-state index in [0.29, 0.717) is 11.5 Å². The molecule has 0 spiro atoms. The molecule has 0 aliphatic heterocycles. The Hall–Kier alpha value is -1.31. The first-order valence-corrected chi connectivity index (χ1v) is 5.26. The molecular formula is C13H19NO. The summed E-state index contributed by atoms with van der Waals surface area (Å²) in [5.41, 5.74) is 10.6. The van der Waals surface area contributed by atoms with Gasteiger partial charge in [0.25, 0.3) is 0 Å². The van der Waals surface area contributed by atoms with Crippen LogP contribution < -0.4 is 5.73 Å². The molecule has 0 heterocycles. The van der Waals surface area contributed by atoms with Gasteiger partial charge in [-0.15, -0.1) is 0 Å². The quantitative estimate of drug-likeness (QED) is 0.792. The third kappa shape index (κ3) is 2.04. The minimum Gasteiger partial charge on any atom is -0.366 e. The molecule has 0 aromatic heterocycles. The van der Waals surface area contributed by atoms with Crippen LogP contribution in [0.2, 0.25) is 0 Å². The molecular weight excluding hydrogens is 186 g/mol. The molecule has 0 aliphatic rings. The molecule has 0 radical (unpaired) electrons. The SMILES string of the molecule is Cc1cc(C)c(C(C)C)c(C)c1C(N)=O. The summed E-state index contributed by atoms with van der Waals surface area (Å²) in [4.78, 5) is 11.4. The van der Waals surface area contributed by atoms with Gasteiger partial charge in [0.2, 0.25) is 5.91 Å². The number of amides is 1. The van der Waals surface area contributed by atoms with Crippen LogP contribution in [0, 0.1) is 20.8 Å². The molecule has 1 rings (SSSR count). The summed E-state index contributed by atoms with van der Waals surface area (Å²) in [5, 5.41) is 0. The lowest BCUT2D eigenvalue weighted by Crippen LogP contribution is -2.16. The zero-order chi connectivity index (χ0) is 11.7. The zero-order valence-corrected chi connectivity index (χ0v) is 10.1. The standard InChI is InChI=1S/C13H19NO/c1-7(2)11-8(3)6-9(4)12(10(11)5)13(14)15/h6-7H,1-5H3,(H2,14,15). The Morgan fingerprint density at radius 3 is 2.13 bits per heavy atom. The molecule has 0 bridgehead atoms. The van der Waals surface area contributed by atoms with Crippen molar-refractivity contribution in [2.75, 3.05) is 0 Å². The average Bonchev–Trinajstić information content (AvgIpc) is 1.99. The fourth-order valence-corrected chi connectivity index (χ4v) is 2.47. The molecule has 1 aromatic carbocycles. The van der Waals surface area contributed by atoms with Gasteiger partial charge in [0.1, 0.15) is 0 Å². The zero-order valence-electron chi connectivity index (χ0n) is 10.1. The van der Waals surface area contributed by atoms with E-state index in [2.05, 4.69) is 20.8 Å². The van der Waals surface area contributed by atoms with Crippen LogP contribution in [0.1, 0.15) is 52.4 Å². The molecule has 0 saturated carbocycles. The van der Waals surface area contributed by atoms with Crippen LogP contribution in [0.5, 0.6) is 0 Å². The van der Waals surface area contributed by atoms with Crippen LogP contribution in [-0.2, 0) is 0 Å². The topological polar surface area (TPSA) is 43.1 Å². The molecule has 2 N–H and O–H groups in total. The Balaban J connectivity index is 3.56. The van der Waals surface area contributed by atoms with Gasteiger partial charge in [-0.2, -0.15) is 0 Å². The number of rotatable bonds is 2. The van der Waals surface area contributed by atoms with Crippen molar-refractivity contribution in [1.29, 1.82) is 0 Å². The maximum atomic E-state index is 11.4. The molecule has 82 valence electrons. The molecule has 1 amide bonds. The van der Waals surface area contributed by atoms with Crippen LogP contribution in [-0.4, -0.2) is 5.91 Å². The molecule has 0 fully saturated rings. The summed E-state index contributed by atoms with van der Waals surface area (Å²) < 4.78 is 0. The highest BCUT2D eigenvalue weighted by Gasteiger charge is 2.16. The lowest BCUT2D eigenvalue weighted by atomic mass is 9.87. The van der Waals surface area contributed by atoms with Crippen molar-refractivity contribution in [1.82, 2.24) is 0 Å². The van der Waals surface area contributed by atoms with E-state index in [1.54, 1.807) is 0 Å². The second-order valence-corrected chi connectivity index (χ2v) is 4.44. The third-order valence-corrected chi connectivity index (χ3v) is 2.85. The number of nitrogens with two attached hydrogens (primary N) is 1. The van der Waals surface area contributed by atoms with Crippen molar-refractivity contribution in [3.05, 3.63) is 33.9 Å². The molecule has 2 nitrogen and oxygen atoms in total. The molecule has 2 heteroatoms. The number of carbonyl (C=O) groups is 1. The Morgan fingerprint density at radius 1 is 1.20 bits per heavy atom. The van der Waals surface area contributed by atoms with E-state index in [0.717, 1.165) is 11.1 Å². The van der Waals surface area contributed by atoms with Gasteiger partial charge in [0.05, 0.1) is 0 Å². The number of hydrogen-bond donors (Lipinski definition) is 1. The summed E-state index contributed by atoms with van der Waals surface area (Å²) >= 11 is 0. The summed E-state index contributed by atoms with van der Waals surface area (Å²) in [6.45, 7) is 10.3. The van der Waals surface area contributed by atoms with Crippen LogP contribution in [0.4, 0.5) is 0 Å². The van der Waals surface area contributed by atoms with Crippen LogP contribution in [0.15, 0.2) is 6.07 Å². The number of benzene rings is 1. The minimum atomic E-state index is -0.327. The van der Waals surface area contributed by atoms with Gasteiger partial charge in [-0.1, -0.05) is 19.9 Å². The molecule has 0 aliphatic carbocycles. The lowest BCUT2D eigenvalue weighted by molar-refractivity contribution is 0.0999. The maximum Gasteiger partial charge on any atom is 0.249 e. The van der Waals surface area contributed by atoms with E-state index in [1.165, 1.54) is 11.1 Å². The van der Waals surface area contributed by atoms with Gasteiger partial charge in [-0.25, -0.2) is 0 Å². The Bertz CT molecular complexity index is 405. The van der Waals surface area contributed by atoms with Gasteiger partial charge in [-0.3, -0.25) is 4.79 Å². The Labute approximate surface area is 91.5 Å². The van der Waals surface area contributed by atoms with Gasteiger partial charge >= 0.3 is 0 Å². The Morgan fingerprint density at radius 2 is 1.73 bits per heavy atom. The lowest BCUT2D eigenvalue weighted by Gasteiger charge is -2.18. The van der Waals surface area contributed by atoms with E-state index in [1.807, 2.05) is 19.9 Å². The van der Waals surface area contributed by atoms with Gasteiger partial charge < -0.3 is 5.73 Å². The third-order valence-electron chi connectivity index (χ3n) is 2.85. The number of carbonyl (C=O) groups excluding carboxylic acids is 1. The first-order chi connectivity index (χ1) is 6.86. The van der Waals surface area contributed by atoms with Crippen LogP contribution >= 0.6 is 0 Å². The second-order valence-electron chi connectivity index (χ2n) is 4.44. The fraction of sp³-hybridized carbons (Fsp3) is 0.462. The molecule has 0 unspecified atom stereocenters. The van der Waals surface area contributed by atoms with Crippen LogP contribution in [0.25, 0.3) is 0 Å². The number of hydrogen-bond acceptors (Lipinski definition) is 1. The second kappa shape index (κ2) is 4.05. The highest BCUT2D eigenvalue weighted by Crippen LogP contribution is 2.27. The van der Waals surface area contributed by atoms with Gasteiger partial charge in [0.15, 0.2) is 0 Å². The molecule has 0 atom stereocenters. The summed E-state index contributed by atoms with van der Waals surface area (Å²) in [6, 6.07) is 2.04. The summed E-state index contributed by atoms with van der Waals surface area (Å²) in [7, 11) is 0. The largest absolute Gasteiger partial charge is 0.366 e. The van der Waals surface area contributed by atoms with Crippen molar-refractivity contribution in [2.45, 2.75) is 40.5 Å². The van der Waals surface area contributed by atoms with Gasteiger partial charge in [0, 0.05) is 5.56 Å². The average molecular weight is 205 g/mol. The van der Waals surface area contributed by atoms with Crippen molar-refractivity contribution in [3.63, 3.8) is 0 Å². The van der Waals surface area contributed by atoms with Crippen molar-refractivity contribution in [3.8, 4) is 0 Å². The van der Waals surface area contributed by atoms with Crippen molar-refractivity contribution in [2.24, 2.45) is 5.73 Å². The molecule has 0 saturated heterocycles. The smallest absolute Gasteiger partial charge is 0.249 e. The first kappa shape index (κ1) is 11.8. The molecule has 15 heavy (non-hydrogen) atoms. The highest BCUT2D eigenvalue weighted by atomic mass is 16.1.